The van der Waals surface area contributed by atoms with Crippen LogP contribution in [0.5, 0.6) is 0 Å². The number of rotatable bonds is 6. The highest BCUT2D eigenvalue weighted by molar-refractivity contribution is 9.10. The van der Waals surface area contributed by atoms with Crippen LogP contribution in [-0.4, -0.2) is 36.9 Å². The molecule has 0 bridgehead atoms. The molecule has 0 unspecified atom stereocenters. The maximum atomic E-state index is 11.0. The fourth-order valence-electron chi connectivity index (χ4n) is 1.60. The Bertz CT molecular complexity index is 529. The van der Waals surface area contributed by atoms with Crippen molar-refractivity contribution in [3.05, 3.63) is 16.5 Å². The predicted octanol–water partition coefficient (Wildman–Crippen LogP) is 1.96. The molecule has 1 aromatic heterocycles. The molecule has 1 saturated carbocycles. The lowest BCUT2D eigenvalue weighted by Crippen LogP contribution is -2.11. The fourth-order valence-corrected chi connectivity index (χ4v) is 2.67. The average Bonchev–Trinajstić information content (AvgIpc) is 3.06. The molecule has 1 aliphatic rings. The molecule has 0 amide bonds. The van der Waals surface area contributed by atoms with Crippen LogP contribution in [0.1, 0.15) is 31.0 Å². The van der Waals surface area contributed by atoms with Crippen molar-refractivity contribution in [2.45, 2.75) is 25.2 Å². The Morgan fingerprint density at radius 3 is 2.78 bits per heavy atom. The molecule has 1 heterocycles. The molecular formula is C11H16BrN3O2S. The van der Waals surface area contributed by atoms with Crippen molar-refractivity contribution in [2.24, 2.45) is 0 Å². The molecule has 5 nitrogen and oxygen atoms in total. The van der Waals surface area contributed by atoms with E-state index in [1.807, 2.05) is 6.07 Å². The summed E-state index contributed by atoms with van der Waals surface area (Å²) in [5.74, 6) is 2.32. The summed E-state index contributed by atoms with van der Waals surface area (Å²) in [6.07, 6.45) is 4.15. The van der Waals surface area contributed by atoms with E-state index in [2.05, 4.69) is 31.2 Å². The summed E-state index contributed by atoms with van der Waals surface area (Å²) in [5.41, 5.74) is 0. The molecule has 0 aliphatic heterocycles. The SMILES string of the molecule is CS(=O)(=O)CCCNc1cc(Br)nc(C2CC2)n1. The Morgan fingerprint density at radius 1 is 1.44 bits per heavy atom. The van der Waals surface area contributed by atoms with Crippen LogP contribution in [-0.2, 0) is 9.84 Å². The maximum Gasteiger partial charge on any atom is 0.147 e. The topological polar surface area (TPSA) is 72.0 Å². The van der Waals surface area contributed by atoms with E-state index in [0.29, 0.717) is 18.9 Å². The van der Waals surface area contributed by atoms with Gasteiger partial charge in [0.2, 0.25) is 0 Å². The first-order chi connectivity index (χ1) is 8.44. The third kappa shape index (κ3) is 4.53. The minimum atomic E-state index is -2.88. The van der Waals surface area contributed by atoms with Gasteiger partial charge in [0.25, 0.3) is 0 Å². The molecule has 1 fully saturated rings. The van der Waals surface area contributed by atoms with Crippen molar-refractivity contribution >= 4 is 31.6 Å². The van der Waals surface area contributed by atoms with Gasteiger partial charge in [0, 0.05) is 24.8 Å². The summed E-state index contributed by atoms with van der Waals surface area (Å²) in [5, 5.41) is 3.14. The molecule has 0 saturated heterocycles. The molecule has 0 radical (unpaired) electrons. The zero-order valence-corrected chi connectivity index (χ0v) is 12.6. The lowest BCUT2D eigenvalue weighted by molar-refractivity contribution is 0.600. The lowest BCUT2D eigenvalue weighted by atomic mass is 10.4. The van der Waals surface area contributed by atoms with Crippen LogP contribution in [0.4, 0.5) is 5.82 Å². The molecule has 1 aromatic rings. The third-order valence-electron chi connectivity index (χ3n) is 2.65. The van der Waals surface area contributed by atoms with Gasteiger partial charge in [-0.05, 0) is 35.2 Å². The van der Waals surface area contributed by atoms with Crippen LogP contribution >= 0.6 is 15.9 Å². The van der Waals surface area contributed by atoms with E-state index in [0.717, 1.165) is 29.1 Å². The zero-order chi connectivity index (χ0) is 13.2. The molecule has 100 valence electrons. The van der Waals surface area contributed by atoms with Crippen LogP contribution in [0, 0.1) is 0 Å². The fraction of sp³-hybridized carbons (Fsp3) is 0.636. The van der Waals surface area contributed by atoms with Gasteiger partial charge in [0.1, 0.15) is 26.1 Å². The summed E-state index contributed by atoms with van der Waals surface area (Å²) in [7, 11) is -2.88. The molecule has 0 aromatic carbocycles. The van der Waals surface area contributed by atoms with Crippen LogP contribution in [0.25, 0.3) is 0 Å². The quantitative estimate of drug-likeness (QED) is 0.636. The van der Waals surface area contributed by atoms with Gasteiger partial charge in [-0.2, -0.15) is 0 Å². The Hall–Kier alpha value is -0.690. The Morgan fingerprint density at radius 2 is 2.17 bits per heavy atom. The van der Waals surface area contributed by atoms with Gasteiger partial charge in [-0.3, -0.25) is 0 Å². The minimum absolute atomic E-state index is 0.196. The summed E-state index contributed by atoms with van der Waals surface area (Å²) >= 11 is 3.36. The average molecular weight is 334 g/mol. The normalized spacial score (nSPS) is 15.7. The Labute approximate surface area is 115 Å². The largest absolute Gasteiger partial charge is 0.370 e. The molecule has 0 atom stereocenters. The van der Waals surface area contributed by atoms with E-state index >= 15 is 0 Å². The summed E-state index contributed by atoms with van der Waals surface area (Å²) in [6, 6.07) is 1.81. The van der Waals surface area contributed by atoms with Gasteiger partial charge in [-0.15, -0.1) is 0 Å². The number of aromatic nitrogens is 2. The van der Waals surface area contributed by atoms with E-state index in [4.69, 9.17) is 0 Å². The minimum Gasteiger partial charge on any atom is -0.370 e. The molecule has 0 spiro atoms. The number of hydrogen-bond acceptors (Lipinski definition) is 5. The van der Waals surface area contributed by atoms with Crippen molar-refractivity contribution in [1.82, 2.24) is 9.97 Å². The highest BCUT2D eigenvalue weighted by Crippen LogP contribution is 2.38. The zero-order valence-electron chi connectivity index (χ0n) is 10.2. The Balaban J connectivity index is 1.89. The number of nitrogens with one attached hydrogen (secondary N) is 1. The van der Waals surface area contributed by atoms with Crippen LogP contribution in [0.2, 0.25) is 0 Å². The van der Waals surface area contributed by atoms with Crippen molar-refractivity contribution in [1.29, 1.82) is 0 Å². The smallest absolute Gasteiger partial charge is 0.147 e. The number of hydrogen-bond donors (Lipinski definition) is 1. The van der Waals surface area contributed by atoms with Crippen LogP contribution < -0.4 is 5.32 Å². The third-order valence-corrected chi connectivity index (χ3v) is 4.09. The molecule has 18 heavy (non-hydrogen) atoms. The standard InChI is InChI=1S/C11H16BrN3O2S/c1-18(16,17)6-2-5-13-10-7-9(12)14-11(15-10)8-3-4-8/h7-8H,2-6H2,1H3,(H,13,14,15). The van der Waals surface area contributed by atoms with Crippen molar-refractivity contribution in [2.75, 3.05) is 23.9 Å². The summed E-state index contributed by atoms with van der Waals surface area (Å²) in [4.78, 5) is 8.76. The number of sulfone groups is 1. The van der Waals surface area contributed by atoms with Crippen LogP contribution in [0.15, 0.2) is 10.7 Å². The van der Waals surface area contributed by atoms with E-state index in [-0.39, 0.29) is 5.75 Å². The highest BCUT2D eigenvalue weighted by Gasteiger charge is 2.27. The van der Waals surface area contributed by atoms with E-state index in [9.17, 15) is 8.42 Å². The van der Waals surface area contributed by atoms with E-state index in [1.165, 1.54) is 6.26 Å². The molecule has 1 aliphatic carbocycles. The van der Waals surface area contributed by atoms with Crippen molar-refractivity contribution < 1.29 is 8.42 Å². The first-order valence-corrected chi connectivity index (χ1v) is 8.75. The molecule has 2 rings (SSSR count). The number of halogens is 1. The summed E-state index contributed by atoms with van der Waals surface area (Å²) in [6.45, 7) is 0.598. The van der Waals surface area contributed by atoms with Gasteiger partial charge in [-0.25, -0.2) is 18.4 Å². The molecule has 7 heteroatoms. The number of nitrogens with zero attached hydrogens (tertiary/aromatic N) is 2. The first kappa shape index (κ1) is 13.7. The second kappa shape index (κ2) is 5.52. The highest BCUT2D eigenvalue weighted by atomic mass is 79.9. The lowest BCUT2D eigenvalue weighted by Gasteiger charge is -2.07. The van der Waals surface area contributed by atoms with Gasteiger partial charge >= 0.3 is 0 Å². The second-order valence-electron chi connectivity index (χ2n) is 4.62. The monoisotopic (exact) mass is 333 g/mol. The van der Waals surface area contributed by atoms with E-state index in [1.54, 1.807) is 0 Å². The van der Waals surface area contributed by atoms with E-state index < -0.39 is 9.84 Å². The predicted molar refractivity (Wildman–Crippen MR) is 74.5 cm³/mol. The van der Waals surface area contributed by atoms with Gasteiger partial charge < -0.3 is 5.32 Å². The van der Waals surface area contributed by atoms with Crippen LogP contribution in [0.3, 0.4) is 0 Å². The van der Waals surface area contributed by atoms with Gasteiger partial charge in [0.05, 0.1) is 5.75 Å². The van der Waals surface area contributed by atoms with Gasteiger partial charge in [-0.1, -0.05) is 0 Å². The van der Waals surface area contributed by atoms with Crippen molar-refractivity contribution in [3.8, 4) is 0 Å². The molecular weight excluding hydrogens is 318 g/mol. The second-order valence-corrected chi connectivity index (χ2v) is 7.69. The first-order valence-electron chi connectivity index (χ1n) is 5.90. The molecule has 1 N–H and O–H groups in total. The summed E-state index contributed by atoms with van der Waals surface area (Å²) < 4.78 is 22.7. The Kier molecular flexibility index (Phi) is 4.21. The van der Waals surface area contributed by atoms with Crippen molar-refractivity contribution in [3.63, 3.8) is 0 Å². The number of anilines is 1. The maximum absolute atomic E-state index is 11.0. The van der Waals surface area contributed by atoms with Gasteiger partial charge in [0.15, 0.2) is 0 Å².